The van der Waals surface area contributed by atoms with Crippen molar-refractivity contribution in [2.45, 2.75) is 32.7 Å². The average molecular weight is 377 g/mol. The van der Waals surface area contributed by atoms with E-state index in [0.717, 1.165) is 30.2 Å². The highest BCUT2D eigenvalue weighted by Gasteiger charge is 2.24. The Balaban J connectivity index is 1.58. The number of hydrogen-bond donors (Lipinski definition) is 1. The maximum Gasteiger partial charge on any atom is 0.258 e. The van der Waals surface area contributed by atoms with Crippen LogP contribution in [0.3, 0.4) is 0 Å². The molecule has 27 heavy (non-hydrogen) atoms. The van der Waals surface area contributed by atoms with E-state index in [1.165, 1.54) is 20.8 Å². The first-order chi connectivity index (χ1) is 13.1. The highest BCUT2D eigenvalue weighted by molar-refractivity contribution is 7.16. The number of amides is 1. The van der Waals surface area contributed by atoms with Gasteiger partial charge in [-0.3, -0.25) is 9.59 Å². The lowest BCUT2D eigenvalue weighted by atomic mass is 9.89. The molecule has 0 saturated heterocycles. The fourth-order valence-electron chi connectivity index (χ4n) is 3.63. The van der Waals surface area contributed by atoms with E-state index in [-0.39, 0.29) is 18.0 Å². The maximum atomic E-state index is 12.6. The lowest BCUT2D eigenvalue weighted by Gasteiger charge is -2.17. The van der Waals surface area contributed by atoms with Gasteiger partial charge in [-0.2, -0.15) is 5.26 Å². The molecule has 1 aliphatic rings. The summed E-state index contributed by atoms with van der Waals surface area (Å²) in [5, 5.41) is 14.4. The number of carbonyl (C=O) groups excluding carboxylic acids is 1. The summed E-state index contributed by atoms with van der Waals surface area (Å²) >= 11 is 1.49. The van der Waals surface area contributed by atoms with E-state index >= 15 is 0 Å². The third-order valence-corrected chi connectivity index (χ3v) is 6.25. The molecule has 2 heterocycles. The van der Waals surface area contributed by atoms with Crippen molar-refractivity contribution < 1.29 is 4.79 Å². The van der Waals surface area contributed by atoms with Gasteiger partial charge in [-0.15, -0.1) is 11.3 Å². The Kier molecular flexibility index (Phi) is 4.54. The average Bonchev–Trinajstić information content (AvgIpc) is 3.00. The van der Waals surface area contributed by atoms with Gasteiger partial charge in [0.25, 0.3) is 5.56 Å². The molecule has 0 aliphatic heterocycles. The minimum absolute atomic E-state index is 0.0759. The van der Waals surface area contributed by atoms with Crippen LogP contribution in [0.1, 0.15) is 29.3 Å². The SMILES string of the molecule is CC1CCc2c(sc(NC(=O)Cn3ccc4ccccc4c3=O)c2C#N)C1. The zero-order chi connectivity index (χ0) is 19.0. The van der Waals surface area contributed by atoms with E-state index in [9.17, 15) is 14.9 Å². The summed E-state index contributed by atoms with van der Waals surface area (Å²) in [6, 6.07) is 11.4. The van der Waals surface area contributed by atoms with Crippen molar-refractivity contribution in [3.05, 3.63) is 62.9 Å². The molecule has 5 nitrogen and oxygen atoms in total. The Morgan fingerprint density at radius 2 is 2.19 bits per heavy atom. The van der Waals surface area contributed by atoms with E-state index in [2.05, 4.69) is 18.3 Å². The van der Waals surface area contributed by atoms with Crippen LogP contribution in [-0.2, 0) is 24.2 Å². The van der Waals surface area contributed by atoms with Crippen LogP contribution in [-0.4, -0.2) is 10.5 Å². The molecule has 1 aromatic carbocycles. The summed E-state index contributed by atoms with van der Waals surface area (Å²) in [5.41, 5.74) is 1.47. The van der Waals surface area contributed by atoms with Crippen molar-refractivity contribution in [1.82, 2.24) is 4.57 Å². The molecule has 1 atom stereocenters. The number of benzene rings is 1. The fraction of sp³-hybridized carbons (Fsp3) is 0.286. The van der Waals surface area contributed by atoms with Gasteiger partial charge in [-0.1, -0.05) is 25.1 Å². The first-order valence-corrected chi connectivity index (χ1v) is 9.81. The minimum atomic E-state index is -0.296. The van der Waals surface area contributed by atoms with Crippen LogP contribution in [0.2, 0.25) is 0 Å². The smallest absolute Gasteiger partial charge is 0.258 e. The number of carbonyl (C=O) groups is 1. The Morgan fingerprint density at radius 1 is 1.37 bits per heavy atom. The van der Waals surface area contributed by atoms with E-state index in [1.807, 2.05) is 24.3 Å². The minimum Gasteiger partial charge on any atom is -0.315 e. The molecule has 0 bridgehead atoms. The van der Waals surface area contributed by atoms with Gasteiger partial charge < -0.3 is 9.88 Å². The van der Waals surface area contributed by atoms with Crippen LogP contribution in [0.4, 0.5) is 5.00 Å². The number of anilines is 1. The predicted molar refractivity (Wildman–Crippen MR) is 107 cm³/mol. The highest BCUT2D eigenvalue weighted by atomic mass is 32.1. The molecule has 4 rings (SSSR count). The summed E-state index contributed by atoms with van der Waals surface area (Å²) < 4.78 is 1.40. The Labute approximate surface area is 160 Å². The van der Waals surface area contributed by atoms with Gasteiger partial charge >= 0.3 is 0 Å². The van der Waals surface area contributed by atoms with E-state index in [0.29, 0.717) is 21.9 Å². The van der Waals surface area contributed by atoms with Crippen molar-refractivity contribution in [1.29, 1.82) is 5.26 Å². The topological polar surface area (TPSA) is 74.9 Å². The first kappa shape index (κ1) is 17.5. The molecule has 1 unspecified atom stereocenters. The Hall–Kier alpha value is -2.91. The van der Waals surface area contributed by atoms with Gasteiger partial charge in [0, 0.05) is 16.5 Å². The summed E-state index contributed by atoms with van der Waals surface area (Å²) in [5.74, 6) is 0.304. The number of fused-ring (bicyclic) bond motifs is 2. The second kappa shape index (κ2) is 7.01. The molecule has 0 fully saturated rings. The third kappa shape index (κ3) is 3.26. The number of thiophene rings is 1. The number of rotatable bonds is 3. The summed E-state index contributed by atoms with van der Waals surface area (Å²) in [7, 11) is 0. The van der Waals surface area contributed by atoms with Gasteiger partial charge in [-0.25, -0.2) is 0 Å². The third-order valence-electron chi connectivity index (χ3n) is 5.08. The molecule has 136 valence electrons. The second-order valence-corrected chi connectivity index (χ2v) is 8.16. The summed E-state index contributed by atoms with van der Waals surface area (Å²) in [4.78, 5) is 26.3. The lowest BCUT2D eigenvalue weighted by Crippen LogP contribution is -2.27. The van der Waals surface area contributed by atoms with E-state index in [1.54, 1.807) is 12.3 Å². The first-order valence-electron chi connectivity index (χ1n) is 8.99. The largest absolute Gasteiger partial charge is 0.315 e. The Morgan fingerprint density at radius 3 is 3.00 bits per heavy atom. The van der Waals surface area contributed by atoms with E-state index in [4.69, 9.17) is 0 Å². The summed E-state index contributed by atoms with van der Waals surface area (Å²) in [6.07, 6.45) is 4.54. The molecule has 6 heteroatoms. The van der Waals surface area contributed by atoms with Crippen molar-refractivity contribution in [2.75, 3.05) is 5.32 Å². The second-order valence-electron chi connectivity index (χ2n) is 7.05. The van der Waals surface area contributed by atoms with Crippen LogP contribution >= 0.6 is 11.3 Å². The van der Waals surface area contributed by atoms with Crippen LogP contribution in [0.15, 0.2) is 41.3 Å². The molecule has 0 spiro atoms. The quantitative estimate of drug-likeness (QED) is 0.756. The molecule has 1 aliphatic carbocycles. The van der Waals surface area contributed by atoms with Gasteiger partial charge in [0.05, 0.1) is 5.56 Å². The molecular formula is C21H19N3O2S. The number of nitrogens with zero attached hydrogens (tertiary/aromatic N) is 2. The molecular weight excluding hydrogens is 358 g/mol. The molecule has 3 aromatic rings. The molecule has 0 radical (unpaired) electrons. The predicted octanol–water partition coefficient (Wildman–Crippen LogP) is 3.70. The van der Waals surface area contributed by atoms with Gasteiger partial charge in [0.1, 0.15) is 17.6 Å². The highest BCUT2D eigenvalue weighted by Crippen LogP contribution is 2.39. The number of aromatic nitrogens is 1. The molecule has 0 saturated carbocycles. The van der Waals surface area contributed by atoms with Crippen LogP contribution in [0.5, 0.6) is 0 Å². The van der Waals surface area contributed by atoms with Crippen molar-refractivity contribution in [3.63, 3.8) is 0 Å². The van der Waals surface area contributed by atoms with Gasteiger partial charge in [-0.05, 0) is 48.3 Å². The summed E-state index contributed by atoms with van der Waals surface area (Å²) in [6.45, 7) is 2.13. The molecule has 1 amide bonds. The van der Waals surface area contributed by atoms with Crippen molar-refractivity contribution >= 4 is 33.0 Å². The standard InChI is InChI=1S/C21H19N3O2S/c1-13-6-7-16-17(11-22)20(27-18(16)10-13)23-19(25)12-24-9-8-14-4-2-3-5-15(14)21(24)26/h2-5,8-9,13H,6-7,10,12H2,1H3,(H,23,25). The zero-order valence-corrected chi connectivity index (χ0v) is 15.8. The number of hydrogen-bond acceptors (Lipinski definition) is 4. The van der Waals surface area contributed by atoms with Crippen LogP contribution in [0.25, 0.3) is 10.8 Å². The molecule has 1 N–H and O–H groups in total. The Bertz CT molecular complexity index is 1140. The van der Waals surface area contributed by atoms with E-state index < -0.39 is 0 Å². The fourth-order valence-corrected chi connectivity index (χ4v) is 5.01. The van der Waals surface area contributed by atoms with Crippen LogP contribution < -0.4 is 10.9 Å². The lowest BCUT2D eigenvalue weighted by molar-refractivity contribution is -0.116. The van der Waals surface area contributed by atoms with Crippen molar-refractivity contribution in [2.24, 2.45) is 5.92 Å². The van der Waals surface area contributed by atoms with Crippen LogP contribution in [0, 0.1) is 17.2 Å². The number of nitrogens with one attached hydrogen (secondary N) is 1. The normalized spacial score (nSPS) is 15.9. The zero-order valence-electron chi connectivity index (χ0n) is 15.0. The monoisotopic (exact) mass is 377 g/mol. The number of pyridine rings is 1. The number of nitriles is 1. The molecule has 2 aromatic heterocycles. The van der Waals surface area contributed by atoms with Gasteiger partial charge in [0.15, 0.2) is 0 Å². The van der Waals surface area contributed by atoms with Crippen molar-refractivity contribution in [3.8, 4) is 6.07 Å². The maximum absolute atomic E-state index is 12.6. The van der Waals surface area contributed by atoms with Gasteiger partial charge in [0.2, 0.25) is 5.91 Å².